The second-order valence-corrected chi connectivity index (χ2v) is 6.43. The molecular weight excluding hydrogens is 324 g/mol. The van der Waals surface area contributed by atoms with Crippen molar-refractivity contribution in [2.24, 2.45) is 0 Å². The molecule has 1 heterocycles. The van der Waals surface area contributed by atoms with Gasteiger partial charge < -0.3 is 5.32 Å². The van der Waals surface area contributed by atoms with Crippen LogP contribution in [0.3, 0.4) is 0 Å². The predicted molar refractivity (Wildman–Crippen MR) is 95.6 cm³/mol. The van der Waals surface area contributed by atoms with Crippen LogP contribution in [0.2, 0.25) is 0 Å². The first-order chi connectivity index (χ1) is 11.5. The summed E-state index contributed by atoms with van der Waals surface area (Å²) < 4.78 is 1.97. The maximum Gasteiger partial charge on any atom is 0.321 e. The van der Waals surface area contributed by atoms with Crippen molar-refractivity contribution in [2.45, 2.75) is 31.8 Å². The largest absolute Gasteiger partial charge is 0.338 e. The molecule has 7 heteroatoms. The maximum absolute atomic E-state index is 11.8. The Bertz CT molecular complexity index is 712. The van der Waals surface area contributed by atoms with E-state index >= 15 is 0 Å². The van der Waals surface area contributed by atoms with Crippen LogP contribution in [0.25, 0.3) is 5.69 Å². The van der Waals surface area contributed by atoms with Gasteiger partial charge in [-0.05, 0) is 24.5 Å². The van der Waals surface area contributed by atoms with Crippen molar-refractivity contribution in [2.75, 3.05) is 12.3 Å². The summed E-state index contributed by atoms with van der Waals surface area (Å²) in [5.41, 5.74) is 2.26. The summed E-state index contributed by atoms with van der Waals surface area (Å²) in [6, 6.07) is 7.66. The molecule has 0 saturated carbocycles. The van der Waals surface area contributed by atoms with Gasteiger partial charge in [0.1, 0.15) is 0 Å². The zero-order valence-corrected chi connectivity index (χ0v) is 14.9. The van der Waals surface area contributed by atoms with Crippen LogP contribution >= 0.6 is 11.8 Å². The number of hydrogen-bond donors (Lipinski definition) is 2. The number of rotatable bonds is 6. The lowest BCUT2D eigenvalue weighted by atomic mass is 10.0. The summed E-state index contributed by atoms with van der Waals surface area (Å²) in [5.74, 6) is 0.151. The van der Waals surface area contributed by atoms with E-state index in [2.05, 4.69) is 35.5 Å². The number of nitrogens with one attached hydrogen (secondary N) is 2. The SMILES string of the molecule is CCNC(=O)NC(=O)CSc1nccn1-c1ccccc1C(C)C. The van der Waals surface area contributed by atoms with Crippen LogP contribution in [0.5, 0.6) is 0 Å². The number of carbonyl (C=O) groups excluding carboxylic acids is 2. The average Bonchev–Trinajstić information content (AvgIpc) is 3.01. The highest BCUT2D eigenvalue weighted by Gasteiger charge is 2.14. The molecule has 0 atom stereocenters. The topological polar surface area (TPSA) is 76.0 Å². The summed E-state index contributed by atoms with van der Waals surface area (Å²) in [6.07, 6.45) is 3.59. The van der Waals surface area contributed by atoms with E-state index in [0.29, 0.717) is 17.6 Å². The van der Waals surface area contributed by atoms with Gasteiger partial charge in [-0.2, -0.15) is 0 Å². The number of amides is 3. The first-order valence-electron chi connectivity index (χ1n) is 7.86. The van der Waals surface area contributed by atoms with E-state index in [1.54, 1.807) is 13.1 Å². The first-order valence-corrected chi connectivity index (χ1v) is 8.84. The standard InChI is InChI=1S/C17H22N4O2S/c1-4-18-16(23)20-15(22)11-24-17-19-9-10-21(17)14-8-6-5-7-13(14)12(2)3/h5-10,12H,4,11H2,1-3H3,(H2,18,20,22,23). The van der Waals surface area contributed by atoms with Gasteiger partial charge in [0.2, 0.25) is 5.91 Å². The predicted octanol–water partition coefficient (Wildman–Crippen LogP) is 2.93. The fourth-order valence-corrected chi connectivity index (χ4v) is 3.04. The number of nitrogens with zero attached hydrogens (tertiary/aromatic N) is 2. The number of imide groups is 1. The van der Waals surface area contributed by atoms with Crippen molar-refractivity contribution in [1.29, 1.82) is 0 Å². The molecule has 1 aromatic carbocycles. The van der Waals surface area contributed by atoms with E-state index in [4.69, 9.17) is 0 Å². The zero-order chi connectivity index (χ0) is 17.5. The van der Waals surface area contributed by atoms with Gasteiger partial charge in [0.15, 0.2) is 5.16 Å². The van der Waals surface area contributed by atoms with Crippen molar-refractivity contribution in [3.63, 3.8) is 0 Å². The average molecular weight is 346 g/mol. The van der Waals surface area contributed by atoms with Gasteiger partial charge >= 0.3 is 6.03 Å². The fourth-order valence-electron chi connectivity index (χ4n) is 2.27. The molecular formula is C17H22N4O2S. The Kier molecular flexibility index (Phi) is 6.43. The van der Waals surface area contributed by atoms with E-state index in [1.165, 1.54) is 17.3 Å². The lowest BCUT2D eigenvalue weighted by Gasteiger charge is -2.15. The van der Waals surface area contributed by atoms with Gasteiger partial charge in [-0.25, -0.2) is 9.78 Å². The Balaban J connectivity index is 2.09. The molecule has 0 bridgehead atoms. The molecule has 6 nitrogen and oxygen atoms in total. The molecule has 0 aliphatic heterocycles. The smallest absolute Gasteiger partial charge is 0.321 e. The normalized spacial score (nSPS) is 10.7. The summed E-state index contributed by atoms with van der Waals surface area (Å²) in [6.45, 7) is 6.55. The van der Waals surface area contributed by atoms with Crippen molar-refractivity contribution in [3.8, 4) is 5.69 Å². The second kappa shape index (κ2) is 8.54. The highest BCUT2D eigenvalue weighted by atomic mass is 32.2. The molecule has 2 aromatic rings. The monoisotopic (exact) mass is 346 g/mol. The number of benzene rings is 1. The van der Waals surface area contributed by atoms with Gasteiger partial charge in [-0.15, -0.1) is 0 Å². The number of para-hydroxylation sites is 1. The van der Waals surface area contributed by atoms with E-state index < -0.39 is 6.03 Å². The quantitative estimate of drug-likeness (QED) is 0.789. The summed E-state index contributed by atoms with van der Waals surface area (Å²) >= 11 is 1.30. The number of imidazole rings is 1. The lowest BCUT2D eigenvalue weighted by Crippen LogP contribution is -2.40. The Morgan fingerprint density at radius 2 is 2.04 bits per heavy atom. The number of carbonyl (C=O) groups is 2. The van der Waals surface area contributed by atoms with Crippen molar-refractivity contribution in [1.82, 2.24) is 20.2 Å². The van der Waals surface area contributed by atoms with Crippen LogP contribution in [0.4, 0.5) is 4.79 Å². The van der Waals surface area contributed by atoms with E-state index in [0.717, 1.165) is 5.69 Å². The van der Waals surface area contributed by atoms with E-state index in [-0.39, 0.29) is 11.7 Å². The molecule has 0 aliphatic rings. The Morgan fingerprint density at radius 1 is 1.29 bits per heavy atom. The minimum Gasteiger partial charge on any atom is -0.338 e. The Morgan fingerprint density at radius 3 is 2.75 bits per heavy atom. The van der Waals surface area contributed by atoms with Gasteiger partial charge in [-0.1, -0.05) is 43.8 Å². The van der Waals surface area contributed by atoms with E-state index in [1.807, 2.05) is 29.0 Å². The third kappa shape index (κ3) is 4.61. The minimum absolute atomic E-state index is 0.123. The van der Waals surface area contributed by atoms with Crippen LogP contribution in [0.15, 0.2) is 41.8 Å². The third-order valence-corrected chi connectivity index (χ3v) is 4.31. The van der Waals surface area contributed by atoms with E-state index in [9.17, 15) is 9.59 Å². The highest BCUT2D eigenvalue weighted by molar-refractivity contribution is 7.99. The van der Waals surface area contributed by atoms with Gasteiger partial charge in [0.25, 0.3) is 0 Å². The summed E-state index contributed by atoms with van der Waals surface area (Å²) in [4.78, 5) is 27.5. The number of thioether (sulfide) groups is 1. The molecule has 2 rings (SSSR count). The van der Waals surface area contributed by atoms with Crippen LogP contribution in [-0.4, -0.2) is 33.8 Å². The van der Waals surface area contributed by atoms with Crippen molar-refractivity contribution < 1.29 is 9.59 Å². The number of aromatic nitrogens is 2. The number of urea groups is 1. The molecule has 1 aromatic heterocycles. The summed E-state index contributed by atoms with van der Waals surface area (Å²) in [7, 11) is 0. The van der Waals surface area contributed by atoms with Crippen LogP contribution in [0.1, 0.15) is 32.3 Å². The molecule has 0 unspecified atom stereocenters. The Labute approximate surface area is 146 Å². The molecule has 2 N–H and O–H groups in total. The molecule has 3 amide bonds. The van der Waals surface area contributed by atoms with Crippen molar-refractivity contribution in [3.05, 3.63) is 42.2 Å². The maximum atomic E-state index is 11.8. The van der Waals surface area contributed by atoms with Crippen molar-refractivity contribution >= 4 is 23.7 Å². The molecule has 0 aliphatic carbocycles. The molecule has 0 fully saturated rings. The van der Waals surface area contributed by atoms with Gasteiger partial charge in [-0.3, -0.25) is 14.7 Å². The minimum atomic E-state index is -0.475. The lowest BCUT2D eigenvalue weighted by molar-refractivity contribution is -0.117. The third-order valence-electron chi connectivity index (χ3n) is 3.35. The molecule has 0 radical (unpaired) electrons. The molecule has 0 spiro atoms. The first kappa shape index (κ1) is 18.1. The second-order valence-electron chi connectivity index (χ2n) is 5.49. The molecule has 128 valence electrons. The van der Waals surface area contributed by atoms with Crippen LogP contribution in [-0.2, 0) is 4.79 Å². The van der Waals surface area contributed by atoms with Gasteiger partial charge in [0.05, 0.1) is 11.4 Å². The molecule has 0 saturated heterocycles. The van der Waals surface area contributed by atoms with Gasteiger partial charge in [0, 0.05) is 18.9 Å². The van der Waals surface area contributed by atoms with Crippen LogP contribution < -0.4 is 10.6 Å². The molecule has 24 heavy (non-hydrogen) atoms. The fraction of sp³-hybridized carbons (Fsp3) is 0.353. The zero-order valence-electron chi connectivity index (χ0n) is 14.1. The Hall–Kier alpha value is -2.28. The highest BCUT2D eigenvalue weighted by Crippen LogP contribution is 2.26. The number of hydrogen-bond acceptors (Lipinski definition) is 4. The summed E-state index contributed by atoms with van der Waals surface area (Å²) in [5, 5.41) is 5.53. The van der Waals surface area contributed by atoms with Crippen LogP contribution in [0, 0.1) is 0 Å².